The number of halogens is 1. The molecule has 4 rings (SSSR count). The third kappa shape index (κ3) is 6.52. The highest BCUT2D eigenvalue weighted by Gasteiger charge is 2.51. The number of fused-ring (bicyclic) bond motifs is 2. The first-order valence-corrected chi connectivity index (χ1v) is 13.3. The summed E-state index contributed by atoms with van der Waals surface area (Å²) in [5.74, 6) is -1.08. The number of rotatable bonds is 14. The van der Waals surface area contributed by atoms with Crippen LogP contribution in [0.4, 0.5) is 4.39 Å². The Kier molecular flexibility index (Phi) is 9.13. The first-order chi connectivity index (χ1) is 17.5. The molecule has 2 aliphatic heterocycles. The summed E-state index contributed by atoms with van der Waals surface area (Å²) in [6.45, 7) is 2.81. The lowest BCUT2D eigenvalue weighted by Crippen LogP contribution is -2.28. The summed E-state index contributed by atoms with van der Waals surface area (Å²) >= 11 is 0. The van der Waals surface area contributed by atoms with Crippen molar-refractivity contribution < 1.29 is 28.2 Å². The fourth-order valence-corrected chi connectivity index (χ4v) is 5.64. The molecule has 0 radical (unpaired) electrons. The lowest BCUT2D eigenvalue weighted by molar-refractivity contribution is -0.136. The van der Waals surface area contributed by atoms with Gasteiger partial charge < -0.3 is 19.6 Å². The normalized spacial score (nSPS) is 22.7. The van der Waals surface area contributed by atoms with Crippen LogP contribution in [0.5, 0.6) is 0 Å². The number of aryl methyl sites for hydroxylation is 1. The summed E-state index contributed by atoms with van der Waals surface area (Å²) in [7, 11) is 0. The second-order valence-corrected chi connectivity index (χ2v) is 10.1. The number of nitrogens with zero attached hydrogens (tertiary/aromatic N) is 1. The number of carbonyl (C=O) groups is 2. The molecule has 2 bridgehead atoms. The maximum Gasteiger partial charge on any atom is 0.303 e. The van der Waals surface area contributed by atoms with Gasteiger partial charge in [0.25, 0.3) is 5.91 Å². The van der Waals surface area contributed by atoms with Crippen LogP contribution < -0.4 is 5.32 Å². The van der Waals surface area contributed by atoms with Gasteiger partial charge in [0.05, 0.1) is 18.1 Å². The summed E-state index contributed by atoms with van der Waals surface area (Å²) in [5.41, 5.74) is 1.90. The Morgan fingerprint density at radius 2 is 1.89 bits per heavy atom. The van der Waals surface area contributed by atoms with Crippen LogP contribution in [0.2, 0.25) is 0 Å². The number of hydrogen-bond donors (Lipinski definition) is 2. The van der Waals surface area contributed by atoms with Gasteiger partial charge in [-0.25, -0.2) is 9.37 Å². The third-order valence-electron chi connectivity index (χ3n) is 7.51. The highest BCUT2D eigenvalue weighted by Crippen LogP contribution is 2.50. The van der Waals surface area contributed by atoms with Gasteiger partial charge in [0.1, 0.15) is 12.1 Å². The average molecular weight is 501 g/mol. The molecular formula is C28H37FN2O5. The molecule has 0 aliphatic carbocycles. The molecule has 0 spiro atoms. The van der Waals surface area contributed by atoms with E-state index in [0.29, 0.717) is 25.3 Å². The predicted molar refractivity (Wildman–Crippen MR) is 132 cm³/mol. The summed E-state index contributed by atoms with van der Waals surface area (Å²) in [6.07, 6.45) is 11.0. The average Bonchev–Trinajstić information content (AvgIpc) is 3.59. The van der Waals surface area contributed by atoms with E-state index < -0.39 is 5.97 Å². The fourth-order valence-electron chi connectivity index (χ4n) is 5.64. The molecule has 2 aromatic rings. The van der Waals surface area contributed by atoms with E-state index in [-0.39, 0.29) is 47.9 Å². The van der Waals surface area contributed by atoms with Crippen molar-refractivity contribution in [1.82, 2.24) is 10.3 Å². The lowest BCUT2D eigenvalue weighted by Gasteiger charge is -2.26. The Morgan fingerprint density at radius 1 is 1.11 bits per heavy atom. The minimum absolute atomic E-state index is 0.00692. The summed E-state index contributed by atoms with van der Waals surface area (Å²) < 4.78 is 26.1. The van der Waals surface area contributed by atoms with Gasteiger partial charge in [-0.1, -0.05) is 45.1 Å². The zero-order valence-corrected chi connectivity index (χ0v) is 21.0. The van der Waals surface area contributed by atoms with Crippen LogP contribution in [0, 0.1) is 11.7 Å². The number of aromatic nitrogens is 1. The van der Waals surface area contributed by atoms with E-state index in [1.807, 2.05) is 0 Å². The number of carboxylic acids is 1. The van der Waals surface area contributed by atoms with Gasteiger partial charge in [0.2, 0.25) is 5.89 Å². The first kappa shape index (κ1) is 26.3. The molecule has 1 amide bonds. The second-order valence-electron chi connectivity index (χ2n) is 10.1. The fraction of sp³-hybridized carbons (Fsp3) is 0.607. The number of aliphatic carboxylic acids is 1. The van der Waals surface area contributed by atoms with Crippen LogP contribution >= 0.6 is 0 Å². The Balaban J connectivity index is 1.40. The number of unbranched alkanes of at least 4 members (excludes halogenated alkanes) is 5. The monoisotopic (exact) mass is 500 g/mol. The highest BCUT2D eigenvalue weighted by molar-refractivity contribution is 5.91. The maximum atomic E-state index is 14.1. The minimum Gasteiger partial charge on any atom is -0.481 e. The van der Waals surface area contributed by atoms with E-state index in [9.17, 15) is 14.0 Å². The lowest BCUT2D eigenvalue weighted by atomic mass is 9.75. The number of benzene rings is 1. The molecule has 2 saturated heterocycles. The van der Waals surface area contributed by atoms with Crippen molar-refractivity contribution >= 4 is 11.9 Å². The Morgan fingerprint density at radius 3 is 2.69 bits per heavy atom. The van der Waals surface area contributed by atoms with E-state index in [1.54, 1.807) is 6.07 Å². The first-order valence-electron chi connectivity index (χ1n) is 13.3. The van der Waals surface area contributed by atoms with Crippen LogP contribution in [-0.4, -0.2) is 40.7 Å². The standard InChI is InChI=1S/C28H37FN2O5/c1-2-3-4-5-6-7-14-30-27(34)22-17-35-28(31-22)26-21(23-11-12-24(26)36-23)16-19-15-20(29)10-8-18(19)9-13-25(32)33/h8,10,15,17,21,23-24,26H,2-7,9,11-14,16H2,1H3,(H,30,34)(H,32,33). The van der Waals surface area contributed by atoms with Crippen molar-refractivity contribution in [2.75, 3.05) is 6.54 Å². The largest absolute Gasteiger partial charge is 0.481 e. The third-order valence-corrected chi connectivity index (χ3v) is 7.51. The van der Waals surface area contributed by atoms with Crippen molar-refractivity contribution in [3.63, 3.8) is 0 Å². The van der Waals surface area contributed by atoms with E-state index >= 15 is 0 Å². The number of oxazole rings is 1. The van der Waals surface area contributed by atoms with Gasteiger partial charge >= 0.3 is 5.97 Å². The van der Waals surface area contributed by atoms with Gasteiger partial charge in [0.15, 0.2) is 5.69 Å². The van der Waals surface area contributed by atoms with Crippen LogP contribution in [0.1, 0.15) is 98.1 Å². The Labute approximate surface area is 211 Å². The van der Waals surface area contributed by atoms with Gasteiger partial charge in [-0.2, -0.15) is 0 Å². The van der Waals surface area contributed by atoms with Gasteiger partial charge in [-0.15, -0.1) is 0 Å². The van der Waals surface area contributed by atoms with Crippen molar-refractivity contribution in [3.8, 4) is 0 Å². The molecule has 196 valence electrons. The molecule has 4 atom stereocenters. The molecule has 1 aromatic carbocycles. The summed E-state index contributed by atoms with van der Waals surface area (Å²) in [6, 6.07) is 4.55. The molecule has 36 heavy (non-hydrogen) atoms. The minimum atomic E-state index is -0.881. The van der Waals surface area contributed by atoms with E-state index in [1.165, 1.54) is 44.1 Å². The smallest absolute Gasteiger partial charge is 0.303 e. The van der Waals surface area contributed by atoms with E-state index in [0.717, 1.165) is 36.8 Å². The van der Waals surface area contributed by atoms with E-state index in [2.05, 4.69) is 17.2 Å². The SMILES string of the molecule is CCCCCCCCNC(=O)c1coc(C2C3CCC(O3)C2Cc2cc(F)ccc2CCC(=O)O)n1. The Hall–Kier alpha value is -2.74. The highest BCUT2D eigenvalue weighted by atomic mass is 19.1. The Bertz CT molecular complexity index is 1040. The molecule has 4 unspecified atom stereocenters. The van der Waals surface area contributed by atoms with Crippen LogP contribution in [-0.2, 0) is 22.4 Å². The molecule has 1 aromatic heterocycles. The molecule has 0 saturated carbocycles. The number of amides is 1. The van der Waals surface area contributed by atoms with Gasteiger partial charge in [-0.3, -0.25) is 9.59 Å². The van der Waals surface area contributed by atoms with Gasteiger partial charge in [0, 0.05) is 18.9 Å². The van der Waals surface area contributed by atoms with Crippen molar-refractivity contribution in [1.29, 1.82) is 0 Å². The van der Waals surface area contributed by atoms with Crippen LogP contribution in [0.3, 0.4) is 0 Å². The summed E-state index contributed by atoms with van der Waals surface area (Å²) in [5, 5.41) is 12.0. The van der Waals surface area contributed by atoms with Crippen LogP contribution in [0.15, 0.2) is 28.9 Å². The number of hydrogen-bond acceptors (Lipinski definition) is 5. The topological polar surface area (TPSA) is 102 Å². The number of carbonyl (C=O) groups excluding carboxylic acids is 1. The molecule has 2 N–H and O–H groups in total. The molecule has 2 fully saturated rings. The summed E-state index contributed by atoms with van der Waals surface area (Å²) in [4.78, 5) is 28.2. The molecule has 7 nitrogen and oxygen atoms in total. The second kappa shape index (κ2) is 12.5. The zero-order valence-electron chi connectivity index (χ0n) is 21.0. The van der Waals surface area contributed by atoms with Gasteiger partial charge in [-0.05, 0) is 55.4 Å². The molecule has 2 aliphatic rings. The van der Waals surface area contributed by atoms with Crippen molar-refractivity contribution in [2.24, 2.45) is 5.92 Å². The zero-order chi connectivity index (χ0) is 25.5. The predicted octanol–water partition coefficient (Wildman–Crippen LogP) is 5.42. The number of carboxylic acid groups (broad SMARTS) is 1. The number of ether oxygens (including phenoxy) is 1. The quantitative estimate of drug-likeness (QED) is 0.336. The molecule has 8 heteroatoms. The molecule has 3 heterocycles. The van der Waals surface area contributed by atoms with Crippen molar-refractivity contribution in [2.45, 2.75) is 95.7 Å². The molecular weight excluding hydrogens is 463 g/mol. The maximum absolute atomic E-state index is 14.1. The number of nitrogens with one attached hydrogen (secondary N) is 1. The van der Waals surface area contributed by atoms with Crippen molar-refractivity contribution in [3.05, 3.63) is 53.0 Å². The van der Waals surface area contributed by atoms with Crippen LogP contribution in [0.25, 0.3) is 0 Å². The van der Waals surface area contributed by atoms with E-state index in [4.69, 9.17) is 14.3 Å².